The molecule has 146 valence electrons. The third-order valence-electron chi connectivity index (χ3n) is 7.27. The second-order valence-corrected chi connectivity index (χ2v) is 9.54. The van der Waals surface area contributed by atoms with E-state index in [1.165, 1.54) is 44.5 Å². The van der Waals surface area contributed by atoms with Gasteiger partial charge in [0.1, 0.15) is 0 Å². The van der Waals surface area contributed by atoms with Gasteiger partial charge in [-0.2, -0.15) is 0 Å². The van der Waals surface area contributed by atoms with E-state index in [4.69, 9.17) is 5.11 Å². The lowest BCUT2D eigenvalue weighted by Gasteiger charge is -2.25. The molecule has 2 unspecified atom stereocenters. The van der Waals surface area contributed by atoms with Gasteiger partial charge in [0, 0.05) is 51.2 Å². The maximum absolute atomic E-state index is 10.9. The van der Waals surface area contributed by atoms with E-state index < -0.39 is 5.97 Å². The molecule has 2 N–H and O–H groups in total. The van der Waals surface area contributed by atoms with E-state index >= 15 is 0 Å². The quantitative estimate of drug-likeness (QED) is 0.733. The van der Waals surface area contributed by atoms with Gasteiger partial charge in [-0.25, -0.2) is 0 Å². The van der Waals surface area contributed by atoms with Crippen LogP contribution in [0.25, 0.3) is 0 Å². The van der Waals surface area contributed by atoms with Crippen LogP contribution in [0.2, 0.25) is 0 Å². The Balaban J connectivity index is 1.07. The van der Waals surface area contributed by atoms with Gasteiger partial charge in [-0.3, -0.25) is 9.69 Å². The van der Waals surface area contributed by atoms with Crippen LogP contribution in [-0.4, -0.2) is 72.7 Å². The molecule has 2 aliphatic carbocycles. The van der Waals surface area contributed by atoms with Crippen LogP contribution in [0.5, 0.6) is 0 Å². The number of nitrogens with zero attached hydrogens (tertiary/aromatic N) is 2. The molecule has 27 heavy (non-hydrogen) atoms. The van der Waals surface area contributed by atoms with Gasteiger partial charge < -0.3 is 15.3 Å². The normalized spacial score (nSPS) is 34.5. The number of hydrogen-bond donors (Lipinski definition) is 2. The summed E-state index contributed by atoms with van der Waals surface area (Å²) in [4.78, 5) is 15.7. The Bertz CT molecular complexity index is 676. The van der Waals surface area contributed by atoms with Gasteiger partial charge in [0.15, 0.2) is 0 Å². The second kappa shape index (κ2) is 6.87. The predicted molar refractivity (Wildman–Crippen MR) is 105 cm³/mol. The van der Waals surface area contributed by atoms with Crippen LogP contribution in [0, 0.1) is 17.3 Å². The van der Waals surface area contributed by atoms with Crippen molar-refractivity contribution in [3.05, 3.63) is 35.9 Å². The van der Waals surface area contributed by atoms with E-state index in [2.05, 4.69) is 45.4 Å². The van der Waals surface area contributed by atoms with Gasteiger partial charge in [-0.1, -0.05) is 30.3 Å². The van der Waals surface area contributed by atoms with Crippen molar-refractivity contribution in [1.82, 2.24) is 15.1 Å². The average molecular weight is 370 g/mol. The Labute approximate surface area is 161 Å². The van der Waals surface area contributed by atoms with Gasteiger partial charge in [0.2, 0.25) is 0 Å². The fourth-order valence-electron chi connectivity index (χ4n) is 5.52. The van der Waals surface area contributed by atoms with E-state index in [1.54, 1.807) is 0 Å². The molecular weight excluding hydrogens is 338 g/mol. The smallest absolute Gasteiger partial charge is 0.317 e. The minimum atomic E-state index is -0.691. The molecule has 0 spiro atoms. The highest BCUT2D eigenvalue weighted by atomic mass is 16.4. The van der Waals surface area contributed by atoms with Crippen molar-refractivity contribution in [3.63, 3.8) is 0 Å². The van der Waals surface area contributed by atoms with Gasteiger partial charge in [0.25, 0.3) is 0 Å². The predicted octanol–water partition coefficient (Wildman–Crippen LogP) is 1.86. The third kappa shape index (κ3) is 3.91. The maximum Gasteiger partial charge on any atom is 0.317 e. The molecule has 0 bridgehead atoms. The molecule has 1 aromatic carbocycles. The summed E-state index contributed by atoms with van der Waals surface area (Å²) in [5.74, 6) is 1.38. The highest BCUT2D eigenvalue weighted by Crippen LogP contribution is 2.48. The summed E-state index contributed by atoms with van der Waals surface area (Å²) in [7, 11) is 0. The number of likely N-dealkylation sites (tertiary alicyclic amines) is 2. The average Bonchev–Trinajstić information content (AvgIpc) is 3.50. The van der Waals surface area contributed by atoms with Crippen LogP contribution < -0.4 is 5.32 Å². The van der Waals surface area contributed by atoms with E-state index in [1.807, 2.05) is 0 Å². The van der Waals surface area contributed by atoms with Crippen molar-refractivity contribution in [2.75, 3.05) is 45.8 Å². The molecule has 4 fully saturated rings. The lowest BCUT2D eigenvalue weighted by molar-refractivity contribution is -0.138. The molecule has 0 amide bonds. The molecule has 2 aliphatic heterocycles. The Morgan fingerprint density at radius 3 is 2.37 bits per heavy atom. The number of carboxylic acids is 1. The van der Waals surface area contributed by atoms with E-state index in [0.29, 0.717) is 29.2 Å². The van der Waals surface area contributed by atoms with Crippen LogP contribution in [0.4, 0.5) is 0 Å². The Morgan fingerprint density at radius 2 is 1.74 bits per heavy atom. The maximum atomic E-state index is 10.9. The first kappa shape index (κ1) is 17.7. The lowest BCUT2D eigenvalue weighted by atomic mass is 10.0. The second-order valence-electron chi connectivity index (χ2n) is 9.54. The van der Waals surface area contributed by atoms with Crippen molar-refractivity contribution in [2.45, 2.75) is 31.2 Å². The summed E-state index contributed by atoms with van der Waals surface area (Å²) in [6.07, 6.45) is 4.01. The summed E-state index contributed by atoms with van der Waals surface area (Å²) in [6, 6.07) is 11.6. The summed E-state index contributed by atoms with van der Waals surface area (Å²) in [6.45, 7) is 6.88. The van der Waals surface area contributed by atoms with Gasteiger partial charge in [0.05, 0.1) is 6.54 Å². The standard InChI is InChI=1S/C22H31N3O2/c26-21(27)13-24-9-17-11-25(12-18(17)10-24)15-22(6-7-22)14-23-20-8-19(20)16-4-2-1-3-5-16/h1-5,17-20,23H,6-15H2,(H,26,27)/t17?,18?,19-,20+/m1/s1. The van der Waals surface area contributed by atoms with Crippen molar-refractivity contribution >= 4 is 5.97 Å². The topological polar surface area (TPSA) is 55.8 Å². The number of rotatable bonds is 8. The molecule has 5 rings (SSSR count). The first-order valence-corrected chi connectivity index (χ1v) is 10.6. The number of fused-ring (bicyclic) bond motifs is 1. The number of hydrogen-bond acceptors (Lipinski definition) is 4. The molecule has 0 radical (unpaired) electrons. The van der Waals surface area contributed by atoms with Crippen LogP contribution in [-0.2, 0) is 4.79 Å². The minimum absolute atomic E-state index is 0.213. The fraction of sp³-hybridized carbons (Fsp3) is 0.682. The molecule has 1 aromatic rings. The molecule has 0 aromatic heterocycles. The molecule has 4 atom stereocenters. The highest BCUT2D eigenvalue weighted by molar-refractivity contribution is 5.69. The zero-order valence-electron chi connectivity index (χ0n) is 16.0. The zero-order chi connectivity index (χ0) is 18.4. The number of aliphatic carboxylic acids is 1. The molecular formula is C22H31N3O2. The van der Waals surface area contributed by atoms with E-state index in [-0.39, 0.29) is 6.54 Å². The van der Waals surface area contributed by atoms with Crippen LogP contribution >= 0.6 is 0 Å². The number of nitrogens with one attached hydrogen (secondary N) is 1. The van der Waals surface area contributed by atoms with E-state index in [9.17, 15) is 4.79 Å². The molecule has 4 aliphatic rings. The zero-order valence-corrected chi connectivity index (χ0v) is 16.0. The van der Waals surface area contributed by atoms with Crippen LogP contribution in [0.15, 0.2) is 30.3 Å². The van der Waals surface area contributed by atoms with Crippen molar-refractivity contribution in [2.24, 2.45) is 17.3 Å². The van der Waals surface area contributed by atoms with Gasteiger partial charge in [-0.05, 0) is 42.1 Å². The minimum Gasteiger partial charge on any atom is -0.480 e. The summed E-state index contributed by atoms with van der Waals surface area (Å²) < 4.78 is 0. The lowest BCUT2D eigenvalue weighted by Crippen LogP contribution is -2.38. The fourth-order valence-corrected chi connectivity index (χ4v) is 5.52. The summed E-state index contributed by atoms with van der Waals surface area (Å²) in [5.41, 5.74) is 1.99. The summed E-state index contributed by atoms with van der Waals surface area (Å²) >= 11 is 0. The first-order valence-electron chi connectivity index (χ1n) is 10.6. The molecule has 2 saturated carbocycles. The van der Waals surface area contributed by atoms with Gasteiger partial charge in [-0.15, -0.1) is 0 Å². The van der Waals surface area contributed by atoms with Gasteiger partial charge >= 0.3 is 5.97 Å². The molecule has 5 heteroatoms. The first-order chi connectivity index (χ1) is 13.1. The Kier molecular flexibility index (Phi) is 4.49. The highest BCUT2D eigenvalue weighted by Gasteiger charge is 2.49. The Hall–Kier alpha value is -1.43. The molecule has 2 saturated heterocycles. The monoisotopic (exact) mass is 369 g/mol. The van der Waals surface area contributed by atoms with Crippen LogP contribution in [0.3, 0.4) is 0 Å². The largest absolute Gasteiger partial charge is 0.480 e. The Morgan fingerprint density at radius 1 is 1.07 bits per heavy atom. The number of carbonyl (C=O) groups is 1. The molecule has 2 heterocycles. The van der Waals surface area contributed by atoms with Crippen LogP contribution in [0.1, 0.15) is 30.7 Å². The van der Waals surface area contributed by atoms with E-state index in [0.717, 1.165) is 19.6 Å². The number of benzene rings is 1. The van der Waals surface area contributed by atoms with Crippen molar-refractivity contribution < 1.29 is 9.90 Å². The number of carboxylic acid groups (broad SMARTS) is 1. The SMILES string of the molecule is O=C(O)CN1CC2CN(CC3(CN[C@H]4C[C@@H]4c4ccccc4)CC3)CC2C1. The third-order valence-corrected chi connectivity index (χ3v) is 7.27. The van der Waals surface area contributed by atoms with Crippen molar-refractivity contribution in [3.8, 4) is 0 Å². The summed E-state index contributed by atoms with van der Waals surface area (Å²) in [5, 5.41) is 12.9. The molecule has 5 nitrogen and oxygen atoms in total. The van der Waals surface area contributed by atoms with Crippen molar-refractivity contribution in [1.29, 1.82) is 0 Å².